The van der Waals surface area contributed by atoms with Crippen molar-refractivity contribution in [1.29, 1.82) is 0 Å². The predicted molar refractivity (Wildman–Crippen MR) is 167 cm³/mol. The van der Waals surface area contributed by atoms with Crippen molar-refractivity contribution in [1.82, 2.24) is 0 Å². The summed E-state index contributed by atoms with van der Waals surface area (Å²) in [6, 6.07) is 0.937. The first-order chi connectivity index (χ1) is 27.1. The number of aliphatic hydroxyl groups excluding tert-OH is 1. The van der Waals surface area contributed by atoms with Crippen molar-refractivity contribution in [2.24, 2.45) is 11.8 Å². The zero-order chi connectivity index (χ0) is 41.9. The van der Waals surface area contributed by atoms with Crippen LogP contribution in [0.4, 0.5) is 0 Å². The largest absolute Gasteiger partial charge is 0.504 e. The number of fused-ring (bicyclic) bond motifs is 6. The third-order valence-corrected chi connectivity index (χ3v) is 11.1. The summed E-state index contributed by atoms with van der Waals surface area (Å²) >= 11 is 0. The first kappa shape index (κ1) is 37.2. The van der Waals surface area contributed by atoms with E-state index < -0.39 is 176 Å². The molecule has 4 saturated heterocycles. The molecule has 11 atom stereocenters. The lowest BCUT2D eigenvalue weighted by atomic mass is 9.67. The standard InChI is InChI=1S/C34H24O24/c35-10-1-6-15(21(41)19(10)39)16-7(2-11(36)20(40)22(16)42)28(45)56-25-24(55-27(6)44)23-12(53-30(25)47)5-52-26(43)8-3-13(37)31(48)33(50)17(8)18-9(29(46)54-23)4-14(38)32(49,57-31)34(18,51)58-33/h1-4,12,17-18,23-25,30,35-36,39-42,47-51H,5H2/t12-,17-,18-,23-,24+,25-,30+,31-,32+,33+,34-/m1/s1. The van der Waals surface area contributed by atoms with Crippen LogP contribution >= 0.6 is 0 Å². The van der Waals surface area contributed by atoms with Crippen LogP contribution in [0, 0.1) is 11.8 Å². The average molecular weight is 817 g/mol. The van der Waals surface area contributed by atoms with Crippen molar-refractivity contribution >= 4 is 35.4 Å². The first-order valence-electron chi connectivity index (χ1n) is 16.6. The maximum atomic E-state index is 14.3. The van der Waals surface area contributed by atoms with Gasteiger partial charge in [0.25, 0.3) is 11.6 Å². The average Bonchev–Trinajstić information content (AvgIpc) is 3.41. The number of aromatic hydroxyl groups is 6. The summed E-state index contributed by atoms with van der Waals surface area (Å²) in [6.07, 6.45) is -10.7. The zero-order valence-corrected chi connectivity index (χ0v) is 28.3. The van der Waals surface area contributed by atoms with Crippen molar-refractivity contribution in [2.45, 2.75) is 53.9 Å². The van der Waals surface area contributed by atoms with Crippen LogP contribution < -0.4 is 0 Å². The molecule has 0 aromatic heterocycles. The number of aliphatic hydroxyl groups is 5. The Morgan fingerprint density at radius 3 is 1.50 bits per heavy atom. The van der Waals surface area contributed by atoms with E-state index in [4.69, 9.17) is 33.2 Å². The van der Waals surface area contributed by atoms with E-state index in [2.05, 4.69) is 0 Å². The fourth-order valence-electron chi connectivity index (χ4n) is 8.35. The number of phenolic OH excluding ortho intramolecular Hbond substituents is 6. The van der Waals surface area contributed by atoms with Crippen molar-refractivity contribution < 1.29 is 118 Å². The molecule has 2 bridgehead atoms. The molecule has 304 valence electrons. The van der Waals surface area contributed by atoms with Crippen LogP contribution in [0.5, 0.6) is 34.5 Å². The van der Waals surface area contributed by atoms with Gasteiger partial charge in [-0.25, -0.2) is 19.2 Å². The minimum Gasteiger partial charge on any atom is -0.504 e. The van der Waals surface area contributed by atoms with Gasteiger partial charge in [-0.05, 0) is 24.3 Å². The molecule has 0 unspecified atom stereocenters. The minimum absolute atomic E-state index is 0.302. The second kappa shape index (κ2) is 11.4. The first-order valence-corrected chi connectivity index (χ1v) is 16.6. The van der Waals surface area contributed by atoms with Crippen LogP contribution in [0.15, 0.2) is 35.4 Å². The molecule has 0 saturated carbocycles. The summed E-state index contributed by atoms with van der Waals surface area (Å²) in [5, 5.41) is 120. The number of cyclic esters (lactones) is 1. The monoisotopic (exact) mass is 816 g/mol. The quantitative estimate of drug-likeness (QED) is 0.0684. The van der Waals surface area contributed by atoms with Gasteiger partial charge in [0.2, 0.25) is 34.6 Å². The number of ether oxygens (including phenoxy) is 7. The van der Waals surface area contributed by atoms with E-state index in [0.29, 0.717) is 24.3 Å². The molecule has 24 heteroatoms. The van der Waals surface area contributed by atoms with Gasteiger partial charge in [0.05, 0.1) is 34.1 Å². The van der Waals surface area contributed by atoms with Crippen LogP contribution in [-0.2, 0) is 52.3 Å². The molecule has 9 rings (SSSR count). The molecule has 2 aromatic rings. The highest BCUT2D eigenvalue weighted by Gasteiger charge is 2.88. The molecule has 0 amide bonds. The number of carbonyl (C=O) groups is 6. The van der Waals surface area contributed by atoms with Crippen molar-refractivity contribution in [3.05, 3.63) is 46.6 Å². The molecule has 2 aliphatic carbocycles. The molecule has 5 heterocycles. The lowest BCUT2D eigenvalue weighted by Gasteiger charge is -2.52. The van der Waals surface area contributed by atoms with Crippen LogP contribution in [0.2, 0.25) is 0 Å². The Morgan fingerprint density at radius 2 is 1.00 bits per heavy atom. The molecule has 4 fully saturated rings. The molecule has 0 spiro atoms. The minimum atomic E-state index is -3.74. The summed E-state index contributed by atoms with van der Waals surface area (Å²) in [4.78, 5) is 82.5. The Balaban J connectivity index is 1.21. The fourth-order valence-corrected chi connectivity index (χ4v) is 8.35. The van der Waals surface area contributed by atoms with Gasteiger partial charge in [0, 0.05) is 11.1 Å². The van der Waals surface area contributed by atoms with E-state index >= 15 is 0 Å². The number of benzene rings is 2. The van der Waals surface area contributed by atoms with Crippen molar-refractivity contribution in [2.75, 3.05) is 6.61 Å². The summed E-state index contributed by atoms with van der Waals surface area (Å²) in [5.41, 5.74) is -5.94. The maximum absolute atomic E-state index is 14.3. The van der Waals surface area contributed by atoms with Crippen LogP contribution in [0.3, 0.4) is 0 Å². The van der Waals surface area contributed by atoms with Crippen molar-refractivity contribution in [3.8, 4) is 45.6 Å². The summed E-state index contributed by atoms with van der Waals surface area (Å²) in [5.74, 6) is -37.0. The number of phenols is 6. The van der Waals surface area contributed by atoms with E-state index in [-0.39, 0.29) is 0 Å². The van der Waals surface area contributed by atoms with E-state index in [0.717, 1.165) is 0 Å². The second-order valence-corrected chi connectivity index (χ2v) is 14.1. The molecule has 2 aromatic carbocycles. The van der Waals surface area contributed by atoms with Gasteiger partial charge < -0.3 is 84.6 Å². The topological polar surface area (TPSA) is 390 Å². The number of ketones is 2. The lowest BCUT2D eigenvalue weighted by molar-refractivity contribution is -0.516. The number of hydrogen-bond acceptors (Lipinski definition) is 24. The molecule has 5 aliphatic heterocycles. The normalized spacial score (nSPS) is 38.6. The van der Waals surface area contributed by atoms with Gasteiger partial charge in [0.15, 0.2) is 47.6 Å². The Morgan fingerprint density at radius 1 is 0.552 bits per heavy atom. The number of rotatable bonds is 0. The maximum Gasteiger partial charge on any atom is 0.339 e. The third-order valence-electron chi connectivity index (χ3n) is 11.1. The van der Waals surface area contributed by atoms with Gasteiger partial charge in [-0.2, -0.15) is 0 Å². The zero-order valence-electron chi connectivity index (χ0n) is 28.3. The van der Waals surface area contributed by atoms with Crippen LogP contribution in [0.25, 0.3) is 11.1 Å². The van der Waals surface area contributed by atoms with E-state index in [1.54, 1.807) is 0 Å². The summed E-state index contributed by atoms with van der Waals surface area (Å²) < 4.78 is 37.5. The SMILES string of the molecule is O=C1OC[C@H]2O[C@H](O)[C@@H]3OC(=O)c4cc(O)c(O)c(O)c4-c4c(cc(O)c(O)c4O)C(=O)O[C@H]3[C@@H]2OC(=O)C2=CC(=O)[C@]3(O)O[C@]4(O)C(=O)C=C1[C@@H]1[C@@H]2[C@@]3(O)O[C@@]14O. The second-order valence-electron chi connectivity index (χ2n) is 14.1. The fraction of sp³-hybridized carbons (Fsp3) is 0.353. The summed E-state index contributed by atoms with van der Waals surface area (Å²) in [6.45, 7) is -1.13. The Labute approximate surface area is 318 Å². The van der Waals surface area contributed by atoms with E-state index in [1.807, 2.05) is 0 Å². The molecular formula is C34H24O24. The molecule has 11 N–H and O–H groups in total. The lowest BCUT2D eigenvalue weighted by Crippen LogP contribution is -2.78. The van der Waals surface area contributed by atoms with Crippen LogP contribution in [0.1, 0.15) is 20.7 Å². The van der Waals surface area contributed by atoms with Crippen molar-refractivity contribution in [3.63, 3.8) is 0 Å². The number of esters is 4. The highest BCUT2D eigenvalue weighted by atomic mass is 16.9. The van der Waals surface area contributed by atoms with Crippen LogP contribution in [-0.4, -0.2) is 152 Å². The Kier molecular flexibility index (Phi) is 7.31. The molecule has 58 heavy (non-hydrogen) atoms. The Bertz CT molecular complexity index is 2440. The predicted octanol–water partition coefficient (Wildman–Crippen LogP) is -4.10. The van der Waals surface area contributed by atoms with E-state index in [9.17, 15) is 84.9 Å². The smallest absolute Gasteiger partial charge is 0.339 e. The molecule has 0 radical (unpaired) electrons. The van der Waals surface area contributed by atoms with Gasteiger partial charge in [-0.3, -0.25) is 14.3 Å². The number of carbonyl (C=O) groups excluding carboxylic acids is 6. The number of hydrogen-bond donors (Lipinski definition) is 11. The molecular weight excluding hydrogens is 792 g/mol. The third kappa shape index (κ3) is 4.33. The van der Waals surface area contributed by atoms with Gasteiger partial charge in [0.1, 0.15) is 12.7 Å². The Hall–Kier alpha value is -6.38. The highest BCUT2D eigenvalue weighted by Crippen LogP contribution is 2.66. The van der Waals surface area contributed by atoms with Gasteiger partial charge in [-0.15, -0.1) is 0 Å². The van der Waals surface area contributed by atoms with Gasteiger partial charge >= 0.3 is 23.9 Å². The molecule has 24 nitrogen and oxygen atoms in total. The van der Waals surface area contributed by atoms with Gasteiger partial charge in [-0.1, -0.05) is 0 Å². The molecule has 7 aliphatic rings. The highest BCUT2D eigenvalue weighted by molar-refractivity contribution is 6.11. The van der Waals surface area contributed by atoms with E-state index in [1.165, 1.54) is 0 Å². The summed E-state index contributed by atoms with van der Waals surface area (Å²) in [7, 11) is 0.